The Labute approximate surface area is 225 Å². The molecule has 0 fully saturated rings. The van der Waals surface area contributed by atoms with Crippen LogP contribution < -0.4 is 0 Å². The van der Waals surface area contributed by atoms with Gasteiger partial charge >= 0.3 is 0 Å². The normalized spacial score (nSPS) is 14.3. The van der Waals surface area contributed by atoms with E-state index in [2.05, 4.69) is 77.7 Å². The van der Waals surface area contributed by atoms with Gasteiger partial charge in [0.05, 0.1) is 0 Å². The molecule has 1 aromatic rings. The highest BCUT2D eigenvalue weighted by atomic mass is 19.1. The van der Waals surface area contributed by atoms with Gasteiger partial charge < -0.3 is 9.80 Å². The average molecular weight is 511 g/mol. The first-order valence-electron chi connectivity index (χ1n) is 12.8. The van der Waals surface area contributed by atoms with Gasteiger partial charge in [0, 0.05) is 30.5 Å². The van der Waals surface area contributed by atoms with Crippen molar-refractivity contribution in [2.75, 3.05) is 13.1 Å². The lowest BCUT2D eigenvalue weighted by Gasteiger charge is -2.44. The van der Waals surface area contributed by atoms with E-state index in [1.165, 1.54) is 23.4 Å². The summed E-state index contributed by atoms with van der Waals surface area (Å²) in [7, 11) is 0. The van der Waals surface area contributed by atoms with E-state index >= 15 is 0 Å². The fourth-order valence-electron chi connectivity index (χ4n) is 3.62. The minimum absolute atomic E-state index is 0.253. The Morgan fingerprint density at radius 3 is 2.05 bits per heavy atom. The highest BCUT2D eigenvalue weighted by Crippen LogP contribution is 2.34. The van der Waals surface area contributed by atoms with Crippen LogP contribution in [0.2, 0.25) is 0 Å². The molecule has 0 saturated carbocycles. The second kappa shape index (κ2) is 15.9. The first kappa shape index (κ1) is 33.9. The number of allylic oxidation sites excluding steroid dienone is 8. The standard InChI is InChI=1S/C15H26N2.C10H14.C8H8F2/c1-9-16-12(3)11(2)13(4)17(14(16)5)10-15(6,7)8;1-5-7-10(8-6-2)9(3)4;1-2-6-3-4-7(9)5-8(6)10/h3,5,9-10H2,1-2,4,6-8H3;5-8H,1,3H2,2,4H3;3-5H,2H2,1H3/b;8-6-,10-7+;. The van der Waals surface area contributed by atoms with E-state index < -0.39 is 11.6 Å². The third kappa shape index (κ3) is 11.2. The van der Waals surface area contributed by atoms with E-state index in [9.17, 15) is 8.78 Å². The maximum Gasteiger partial charge on any atom is 0.129 e. The maximum atomic E-state index is 12.6. The number of benzene rings is 1. The molecule has 0 bridgehead atoms. The summed E-state index contributed by atoms with van der Waals surface area (Å²) in [6.45, 7) is 36.7. The lowest BCUT2D eigenvalue weighted by Crippen LogP contribution is -2.41. The van der Waals surface area contributed by atoms with Crippen LogP contribution in [0.3, 0.4) is 0 Å². The fourth-order valence-corrected chi connectivity index (χ4v) is 3.62. The summed E-state index contributed by atoms with van der Waals surface area (Å²) >= 11 is 0. The number of hydrogen-bond donors (Lipinski definition) is 0. The number of halogens is 2. The van der Waals surface area contributed by atoms with Gasteiger partial charge in [-0.05, 0) is 69.2 Å². The van der Waals surface area contributed by atoms with Crippen LogP contribution in [0.25, 0.3) is 0 Å². The van der Waals surface area contributed by atoms with Crippen LogP contribution in [-0.4, -0.2) is 22.9 Å². The predicted molar refractivity (Wildman–Crippen MR) is 159 cm³/mol. The summed E-state index contributed by atoms with van der Waals surface area (Å²) in [5.41, 5.74) is 6.64. The zero-order valence-corrected chi connectivity index (χ0v) is 24.6. The van der Waals surface area contributed by atoms with Gasteiger partial charge in [-0.3, -0.25) is 0 Å². The van der Waals surface area contributed by atoms with Gasteiger partial charge in [0.15, 0.2) is 0 Å². The molecule has 1 aliphatic rings. The maximum absolute atomic E-state index is 12.6. The molecule has 0 saturated heterocycles. The van der Waals surface area contributed by atoms with Crippen LogP contribution in [0.1, 0.15) is 67.9 Å². The van der Waals surface area contributed by atoms with E-state index in [-0.39, 0.29) is 5.41 Å². The summed E-state index contributed by atoms with van der Waals surface area (Å²) in [5, 5.41) is 0. The van der Waals surface area contributed by atoms with Crippen LogP contribution >= 0.6 is 0 Å². The zero-order chi connectivity index (χ0) is 28.9. The molecule has 0 N–H and O–H groups in total. The summed E-state index contributed by atoms with van der Waals surface area (Å²) in [5.74, 6) is 0.0766. The van der Waals surface area contributed by atoms with E-state index in [1.807, 2.05) is 39.0 Å². The topological polar surface area (TPSA) is 6.48 Å². The molecule has 0 aromatic heterocycles. The van der Waals surface area contributed by atoms with Crippen molar-refractivity contribution in [3.05, 3.63) is 120 Å². The van der Waals surface area contributed by atoms with E-state index in [0.717, 1.165) is 41.8 Å². The van der Waals surface area contributed by atoms with Crippen LogP contribution in [0, 0.1) is 17.0 Å². The van der Waals surface area contributed by atoms with Crippen LogP contribution in [0.15, 0.2) is 103 Å². The molecule has 0 radical (unpaired) electrons. The van der Waals surface area contributed by atoms with Gasteiger partial charge in [-0.15, -0.1) is 0 Å². The summed E-state index contributed by atoms with van der Waals surface area (Å²) in [6, 6.07) is 3.63. The molecule has 0 spiro atoms. The van der Waals surface area contributed by atoms with Gasteiger partial charge in [-0.1, -0.05) is 90.0 Å². The van der Waals surface area contributed by atoms with E-state index in [4.69, 9.17) is 0 Å². The van der Waals surface area contributed by atoms with Crippen molar-refractivity contribution in [1.82, 2.24) is 9.80 Å². The van der Waals surface area contributed by atoms with Crippen molar-refractivity contribution < 1.29 is 8.78 Å². The van der Waals surface area contributed by atoms with Crippen molar-refractivity contribution >= 4 is 0 Å². The van der Waals surface area contributed by atoms with Crippen molar-refractivity contribution in [3.8, 4) is 0 Å². The lowest BCUT2D eigenvalue weighted by atomic mass is 9.94. The molecule has 0 aliphatic carbocycles. The molecule has 0 unspecified atom stereocenters. The Morgan fingerprint density at radius 1 is 1.05 bits per heavy atom. The third-order valence-electron chi connectivity index (χ3n) is 5.81. The first-order valence-corrected chi connectivity index (χ1v) is 12.8. The number of likely N-dealkylation sites (N-methyl/N-ethyl adjacent to an activating group) is 1. The summed E-state index contributed by atoms with van der Waals surface area (Å²) in [4.78, 5) is 4.50. The SMILES string of the molecule is C=C/C=C(\C=C/C)C(=C)C.C=C1C(C)=C(C)N(CC(C)(C)C)C(=C)N1CC.CCc1ccc(F)cc1F. The quantitative estimate of drug-likeness (QED) is 0.351. The van der Waals surface area contributed by atoms with Crippen molar-refractivity contribution in [2.45, 2.75) is 68.7 Å². The van der Waals surface area contributed by atoms with Crippen LogP contribution in [0.5, 0.6) is 0 Å². The number of hydrogen-bond acceptors (Lipinski definition) is 2. The predicted octanol–water partition coefficient (Wildman–Crippen LogP) is 9.73. The Kier molecular flexibility index (Phi) is 14.5. The first-order chi connectivity index (χ1) is 17.1. The average Bonchev–Trinajstić information content (AvgIpc) is 2.81. The summed E-state index contributed by atoms with van der Waals surface area (Å²) < 4.78 is 24.9. The molecule has 1 heterocycles. The Bertz CT molecular complexity index is 1050. The molecule has 1 aliphatic heterocycles. The van der Waals surface area contributed by atoms with Crippen molar-refractivity contribution in [1.29, 1.82) is 0 Å². The number of nitrogens with zero attached hydrogens (tertiary/aromatic N) is 2. The van der Waals surface area contributed by atoms with E-state index in [0.29, 0.717) is 12.0 Å². The minimum atomic E-state index is -0.519. The van der Waals surface area contributed by atoms with Crippen LogP contribution in [0.4, 0.5) is 8.78 Å². The third-order valence-corrected chi connectivity index (χ3v) is 5.81. The van der Waals surface area contributed by atoms with Crippen molar-refractivity contribution in [3.63, 3.8) is 0 Å². The van der Waals surface area contributed by atoms with E-state index in [1.54, 1.807) is 6.08 Å². The lowest BCUT2D eigenvalue weighted by molar-refractivity contribution is 0.209. The Hall–Kier alpha value is -3.14. The highest BCUT2D eigenvalue weighted by molar-refractivity contribution is 5.38. The fraction of sp³-hybridized carbons (Fsp3) is 0.394. The van der Waals surface area contributed by atoms with Crippen LogP contribution in [-0.2, 0) is 6.42 Å². The Morgan fingerprint density at radius 2 is 1.65 bits per heavy atom. The molecule has 1 aromatic carbocycles. The molecule has 4 heteroatoms. The monoisotopic (exact) mass is 510 g/mol. The smallest absolute Gasteiger partial charge is 0.129 e. The molecule has 204 valence electrons. The number of rotatable bonds is 6. The number of aryl methyl sites for hydroxylation is 1. The van der Waals surface area contributed by atoms with Gasteiger partial charge in [0.25, 0.3) is 0 Å². The van der Waals surface area contributed by atoms with Gasteiger partial charge in [-0.25, -0.2) is 8.78 Å². The molecular formula is C33H48F2N2. The van der Waals surface area contributed by atoms with Crippen molar-refractivity contribution in [2.24, 2.45) is 5.41 Å². The van der Waals surface area contributed by atoms with Gasteiger partial charge in [-0.2, -0.15) is 0 Å². The zero-order valence-electron chi connectivity index (χ0n) is 24.6. The molecule has 2 nitrogen and oxygen atoms in total. The highest BCUT2D eigenvalue weighted by Gasteiger charge is 2.28. The second-order valence-electron chi connectivity index (χ2n) is 10.2. The molecular weight excluding hydrogens is 462 g/mol. The largest absolute Gasteiger partial charge is 0.331 e. The molecule has 37 heavy (non-hydrogen) atoms. The van der Waals surface area contributed by atoms with Gasteiger partial charge in [0.1, 0.15) is 17.5 Å². The summed E-state index contributed by atoms with van der Waals surface area (Å²) in [6.07, 6.45) is 8.33. The van der Waals surface area contributed by atoms with Gasteiger partial charge in [0.2, 0.25) is 0 Å². The minimum Gasteiger partial charge on any atom is -0.331 e. The molecule has 2 rings (SSSR count). The second-order valence-corrected chi connectivity index (χ2v) is 10.2. The molecule has 0 atom stereocenters. The Balaban J connectivity index is 0.000000559. The molecule has 0 amide bonds.